The van der Waals surface area contributed by atoms with E-state index >= 15 is 0 Å². The molecule has 1 unspecified atom stereocenters. The molecule has 1 N–H and O–H groups in total. The van der Waals surface area contributed by atoms with Crippen molar-refractivity contribution in [1.82, 2.24) is 10.2 Å². The zero-order chi connectivity index (χ0) is 12.0. The average molecular weight is 238 g/mol. The van der Waals surface area contributed by atoms with Gasteiger partial charge in [-0.05, 0) is 25.3 Å². The van der Waals surface area contributed by atoms with Crippen LogP contribution in [0.15, 0.2) is 0 Å². The number of nitrogens with one attached hydrogen (secondary N) is 1. The quantitative estimate of drug-likeness (QED) is 0.739. The number of halogens is 3. The van der Waals surface area contributed by atoms with Crippen LogP contribution in [0, 0.1) is 5.92 Å². The van der Waals surface area contributed by atoms with Gasteiger partial charge in [-0.25, -0.2) is 0 Å². The van der Waals surface area contributed by atoms with Gasteiger partial charge >= 0.3 is 6.18 Å². The number of rotatable bonds is 5. The van der Waals surface area contributed by atoms with E-state index in [-0.39, 0.29) is 0 Å². The zero-order valence-electron chi connectivity index (χ0n) is 9.82. The van der Waals surface area contributed by atoms with E-state index in [1.54, 1.807) is 0 Å². The lowest BCUT2D eigenvalue weighted by molar-refractivity contribution is -0.124. The highest BCUT2D eigenvalue weighted by molar-refractivity contribution is 4.72. The van der Waals surface area contributed by atoms with Crippen molar-refractivity contribution in [3.8, 4) is 0 Å². The Morgan fingerprint density at radius 1 is 1.38 bits per heavy atom. The lowest BCUT2D eigenvalue weighted by atomic mass is 9.96. The van der Waals surface area contributed by atoms with E-state index in [1.807, 2.05) is 0 Å². The van der Waals surface area contributed by atoms with Gasteiger partial charge in [0.1, 0.15) is 0 Å². The number of alkyl halides is 3. The highest BCUT2D eigenvalue weighted by Gasteiger charge is 2.26. The lowest BCUT2D eigenvalue weighted by Gasteiger charge is -2.32. The molecule has 0 spiro atoms. The minimum absolute atomic E-state index is 0.427. The molecule has 1 rings (SSSR count). The molecule has 2 nitrogen and oxygen atoms in total. The summed E-state index contributed by atoms with van der Waals surface area (Å²) in [5, 5.41) is 2.44. The summed E-state index contributed by atoms with van der Waals surface area (Å²) in [4.78, 5) is 2.26. The summed E-state index contributed by atoms with van der Waals surface area (Å²) in [5.74, 6) is 0.733. The Kier molecular flexibility index (Phi) is 5.55. The molecule has 0 aliphatic carbocycles. The molecule has 1 saturated heterocycles. The predicted octanol–water partition coefficient (Wildman–Crippen LogP) is 2.26. The Morgan fingerprint density at radius 2 is 2.12 bits per heavy atom. The molecule has 0 saturated carbocycles. The molecule has 0 aromatic heterocycles. The molecule has 5 heteroatoms. The van der Waals surface area contributed by atoms with E-state index in [1.165, 1.54) is 19.3 Å². The number of likely N-dealkylation sites (tertiary alicyclic amines) is 1. The van der Waals surface area contributed by atoms with Crippen LogP contribution in [0.1, 0.15) is 26.2 Å². The molecule has 1 aliphatic rings. The maximum absolute atomic E-state index is 11.9. The van der Waals surface area contributed by atoms with Gasteiger partial charge in [-0.1, -0.05) is 13.3 Å². The fourth-order valence-electron chi connectivity index (χ4n) is 2.15. The molecular formula is C11H21F3N2. The van der Waals surface area contributed by atoms with Crippen molar-refractivity contribution in [3.05, 3.63) is 0 Å². The average Bonchev–Trinajstić information content (AvgIpc) is 2.23. The molecule has 0 aromatic rings. The van der Waals surface area contributed by atoms with Crippen molar-refractivity contribution in [2.24, 2.45) is 5.92 Å². The smallest absolute Gasteiger partial charge is 0.307 e. The van der Waals surface area contributed by atoms with Gasteiger partial charge in [-0.15, -0.1) is 0 Å². The maximum Gasteiger partial charge on any atom is 0.401 e. The fourth-order valence-corrected chi connectivity index (χ4v) is 2.15. The SMILES string of the molecule is CCC1CCCN(CCNCC(F)(F)F)C1. The van der Waals surface area contributed by atoms with Gasteiger partial charge in [0.2, 0.25) is 0 Å². The molecule has 96 valence electrons. The van der Waals surface area contributed by atoms with E-state index in [2.05, 4.69) is 17.1 Å². The topological polar surface area (TPSA) is 15.3 Å². The van der Waals surface area contributed by atoms with Crippen LogP contribution in [0.25, 0.3) is 0 Å². The molecule has 0 bridgehead atoms. The Balaban J connectivity index is 2.08. The molecule has 16 heavy (non-hydrogen) atoms. The van der Waals surface area contributed by atoms with E-state index in [0.29, 0.717) is 6.54 Å². The highest BCUT2D eigenvalue weighted by Crippen LogP contribution is 2.18. The monoisotopic (exact) mass is 238 g/mol. The van der Waals surface area contributed by atoms with Crippen LogP contribution in [0.4, 0.5) is 13.2 Å². The largest absolute Gasteiger partial charge is 0.401 e. The maximum atomic E-state index is 11.9. The Labute approximate surface area is 95.2 Å². The van der Waals surface area contributed by atoms with Crippen molar-refractivity contribution in [3.63, 3.8) is 0 Å². The second kappa shape index (κ2) is 6.45. The number of hydrogen-bond donors (Lipinski definition) is 1. The van der Waals surface area contributed by atoms with Crippen LogP contribution in [-0.4, -0.2) is 43.8 Å². The molecule has 0 aromatic carbocycles. The predicted molar refractivity (Wildman–Crippen MR) is 58.4 cm³/mol. The zero-order valence-corrected chi connectivity index (χ0v) is 9.82. The Bertz CT molecular complexity index is 194. The summed E-state index contributed by atoms with van der Waals surface area (Å²) >= 11 is 0. The van der Waals surface area contributed by atoms with Crippen molar-refractivity contribution in [1.29, 1.82) is 0 Å². The van der Waals surface area contributed by atoms with Crippen molar-refractivity contribution in [2.75, 3.05) is 32.7 Å². The Hall–Kier alpha value is -0.290. The molecule has 0 amide bonds. The van der Waals surface area contributed by atoms with Crippen molar-refractivity contribution < 1.29 is 13.2 Å². The van der Waals surface area contributed by atoms with E-state index < -0.39 is 12.7 Å². The van der Waals surface area contributed by atoms with Gasteiger partial charge in [-0.3, -0.25) is 0 Å². The molecule has 1 atom stereocenters. The number of piperidine rings is 1. The molecule has 1 heterocycles. The summed E-state index contributed by atoms with van der Waals surface area (Å²) in [7, 11) is 0. The molecule has 1 fully saturated rings. The van der Waals surface area contributed by atoms with Crippen LogP contribution in [0.5, 0.6) is 0 Å². The van der Waals surface area contributed by atoms with Crippen LogP contribution in [0.2, 0.25) is 0 Å². The Morgan fingerprint density at radius 3 is 2.75 bits per heavy atom. The fraction of sp³-hybridized carbons (Fsp3) is 1.00. The van der Waals surface area contributed by atoms with E-state index in [4.69, 9.17) is 0 Å². The number of nitrogens with zero attached hydrogens (tertiary/aromatic N) is 1. The minimum Gasteiger partial charge on any atom is -0.307 e. The normalized spacial score (nSPS) is 23.6. The van der Waals surface area contributed by atoms with Crippen molar-refractivity contribution >= 4 is 0 Å². The van der Waals surface area contributed by atoms with E-state index in [9.17, 15) is 13.2 Å². The molecular weight excluding hydrogens is 217 g/mol. The third-order valence-electron chi connectivity index (χ3n) is 3.11. The van der Waals surface area contributed by atoms with Gasteiger partial charge < -0.3 is 10.2 Å². The first kappa shape index (κ1) is 13.8. The second-order valence-electron chi connectivity index (χ2n) is 4.51. The van der Waals surface area contributed by atoms with Gasteiger partial charge in [-0.2, -0.15) is 13.2 Å². The summed E-state index contributed by atoms with van der Waals surface area (Å²) < 4.78 is 35.6. The third kappa shape index (κ3) is 5.70. The van der Waals surface area contributed by atoms with E-state index in [0.717, 1.165) is 25.6 Å². The highest BCUT2D eigenvalue weighted by atomic mass is 19.4. The van der Waals surface area contributed by atoms with Gasteiger partial charge in [0.25, 0.3) is 0 Å². The van der Waals surface area contributed by atoms with Crippen LogP contribution < -0.4 is 5.32 Å². The number of hydrogen-bond acceptors (Lipinski definition) is 2. The first-order chi connectivity index (χ1) is 7.51. The van der Waals surface area contributed by atoms with Gasteiger partial charge in [0.05, 0.1) is 6.54 Å². The summed E-state index contributed by atoms with van der Waals surface area (Å²) in [6, 6.07) is 0. The molecule has 1 aliphatic heterocycles. The second-order valence-corrected chi connectivity index (χ2v) is 4.51. The summed E-state index contributed by atoms with van der Waals surface area (Å²) in [6.07, 6.45) is -0.471. The standard InChI is InChI=1S/C11H21F3N2/c1-2-10-4-3-6-16(8-10)7-5-15-9-11(12,13)14/h10,15H,2-9H2,1H3. The van der Waals surface area contributed by atoms with Crippen molar-refractivity contribution in [2.45, 2.75) is 32.4 Å². The van der Waals surface area contributed by atoms with Gasteiger partial charge in [0.15, 0.2) is 0 Å². The van der Waals surface area contributed by atoms with Crippen LogP contribution in [0.3, 0.4) is 0 Å². The minimum atomic E-state index is -4.09. The first-order valence-corrected chi connectivity index (χ1v) is 6.01. The third-order valence-corrected chi connectivity index (χ3v) is 3.11. The van der Waals surface area contributed by atoms with Crippen LogP contribution >= 0.6 is 0 Å². The van der Waals surface area contributed by atoms with Crippen LogP contribution in [-0.2, 0) is 0 Å². The lowest BCUT2D eigenvalue weighted by Crippen LogP contribution is -2.41. The summed E-state index contributed by atoms with van der Waals surface area (Å²) in [6.45, 7) is 4.53. The molecule has 0 radical (unpaired) electrons. The summed E-state index contributed by atoms with van der Waals surface area (Å²) in [5.41, 5.74) is 0. The first-order valence-electron chi connectivity index (χ1n) is 6.01. The van der Waals surface area contributed by atoms with Gasteiger partial charge in [0, 0.05) is 19.6 Å².